The Balaban J connectivity index is 1.46. The Morgan fingerprint density at radius 1 is 1.31 bits per heavy atom. The van der Waals surface area contributed by atoms with Crippen LogP contribution in [0.3, 0.4) is 0 Å². The van der Waals surface area contributed by atoms with E-state index in [-0.39, 0.29) is 24.4 Å². The Hall–Kier alpha value is -1.89. The number of carbonyl (C=O) groups is 3. The summed E-state index contributed by atoms with van der Waals surface area (Å²) in [6.07, 6.45) is 5.10. The summed E-state index contributed by atoms with van der Waals surface area (Å²) in [6.45, 7) is 2.71. The second-order valence-electron chi connectivity index (χ2n) is 7.85. The molecule has 26 heavy (non-hydrogen) atoms. The van der Waals surface area contributed by atoms with E-state index in [1.54, 1.807) is 11.3 Å². The normalized spacial score (nSPS) is 31.7. The molecule has 0 unspecified atom stereocenters. The molecule has 0 aromatic carbocycles. The van der Waals surface area contributed by atoms with Gasteiger partial charge in [0.05, 0.1) is 6.04 Å². The van der Waals surface area contributed by atoms with Crippen LogP contribution in [-0.2, 0) is 9.59 Å². The van der Waals surface area contributed by atoms with Gasteiger partial charge in [0, 0.05) is 11.4 Å². The first kappa shape index (κ1) is 17.5. The van der Waals surface area contributed by atoms with Crippen LogP contribution in [0.1, 0.15) is 56.4 Å². The molecule has 1 N–H and O–H groups in total. The smallest absolute Gasteiger partial charge is 0.325 e. The number of likely N-dealkylation sites (tertiary alicyclic amines) is 1. The first-order valence-electron chi connectivity index (χ1n) is 9.47. The number of imide groups is 1. The molecule has 1 aromatic rings. The van der Waals surface area contributed by atoms with E-state index in [1.807, 2.05) is 22.4 Å². The lowest BCUT2D eigenvalue weighted by molar-refractivity contribution is -0.140. The maximum absolute atomic E-state index is 12.9. The van der Waals surface area contributed by atoms with Crippen LogP contribution in [0.2, 0.25) is 0 Å². The van der Waals surface area contributed by atoms with E-state index in [4.69, 9.17) is 0 Å². The number of nitrogens with zero attached hydrogens (tertiary/aromatic N) is 2. The molecule has 4 amide bonds. The Morgan fingerprint density at radius 3 is 2.77 bits per heavy atom. The average molecular weight is 375 g/mol. The minimum Gasteiger partial charge on any atom is -0.333 e. The van der Waals surface area contributed by atoms with Crippen LogP contribution in [0.25, 0.3) is 0 Å². The molecule has 1 atom stereocenters. The molecule has 0 radical (unpaired) electrons. The highest BCUT2D eigenvalue weighted by Gasteiger charge is 2.52. The largest absolute Gasteiger partial charge is 0.333 e. The Kier molecular flexibility index (Phi) is 4.50. The van der Waals surface area contributed by atoms with E-state index in [9.17, 15) is 14.4 Å². The van der Waals surface area contributed by atoms with Crippen LogP contribution >= 0.6 is 11.3 Å². The van der Waals surface area contributed by atoms with E-state index in [1.165, 1.54) is 4.88 Å². The topological polar surface area (TPSA) is 69.7 Å². The van der Waals surface area contributed by atoms with Gasteiger partial charge in [-0.2, -0.15) is 0 Å². The minimum absolute atomic E-state index is 0.0766. The second-order valence-corrected chi connectivity index (χ2v) is 8.83. The zero-order chi connectivity index (χ0) is 18.3. The predicted molar refractivity (Wildman–Crippen MR) is 98.6 cm³/mol. The van der Waals surface area contributed by atoms with E-state index < -0.39 is 11.6 Å². The van der Waals surface area contributed by atoms with Crippen molar-refractivity contribution in [1.29, 1.82) is 0 Å². The summed E-state index contributed by atoms with van der Waals surface area (Å²) in [5.41, 5.74) is -0.776. The van der Waals surface area contributed by atoms with Crippen LogP contribution < -0.4 is 5.32 Å². The molecule has 6 nitrogen and oxygen atoms in total. The summed E-state index contributed by atoms with van der Waals surface area (Å²) in [5, 5.41) is 4.91. The van der Waals surface area contributed by atoms with Gasteiger partial charge in [0.1, 0.15) is 12.1 Å². The zero-order valence-electron chi connectivity index (χ0n) is 15.1. The maximum Gasteiger partial charge on any atom is 0.325 e. The molecule has 140 valence electrons. The summed E-state index contributed by atoms with van der Waals surface area (Å²) < 4.78 is 0. The lowest BCUT2D eigenvalue weighted by atomic mass is 9.77. The summed E-state index contributed by atoms with van der Waals surface area (Å²) in [5.74, 6) is 0.234. The Bertz CT molecular complexity index is 710. The molecule has 3 aliphatic rings. The number of hydrogen-bond donors (Lipinski definition) is 1. The molecule has 0 bridgehead atoms. The van der Waals surface area contributed by atoms with Crippen LogP contribution in [-0.4, -0.2) is 46.3 Å². The van der Waals surface area contributed by atoms with Crippen molar-refractivity contribution in [3.63, 3.8) is 0 Å². The second kappa shape index (κ2) is 6.68. The zero-order valence-corrected chi connectivity index (χ0v) is 15.9. The third-order valence-corrected chi connectivity index (χ3v) is 7.09. The highest BCUT2D eigenvalue weighted by Crippen LogP contribution is 2.37. The standard InChI is InChI=1S/C19H25N3O3S/c1-13-6-8-19(9-7-13)17(24)22(18(25)20-19)12-16(23)21-10-2-4-14(21)15-5-3-11-26-15/h3,5,11,13-14H,2,4,6-10,12H2,1H3,(H,20,25)/t13?,14-,19?/m0/s1. The van der Waals surface area contributed by atoms with Crippen molar-refractivity contribution in [2.45, 2.75) is 57.0 Å². The average Bonchev–Trinajstić information content (AvgIpc) is 3.34. The maximum atomic E-state index is 12.9. The van der Waals surface area contributed by atoms with Crippen molar-refractivity contribution in [2.24, 2.45) is 5.92 Å². The Morgan fingerprint density at radius 2 is 2.08 bits per heavy atom. The van der Waals surface area contributed by atoms with Crippen molar-refractivity contribution in [3.05, 3.63) is 22.4 Å². The fourth-order valence-electron chi connectivity index (χ4n) is 4.48. The fraction of sp³-hybridized carbons (Fsp3) is 0.632. The van der Waals surface area contributed by atoms with E-state index in [0.29, 0.717) is 25.3 Å². The molecular formula is C19H25N3O3S. The fourth-order valence-corrected chi connectivity index (χ4v) is 5.36. The van der Waals surface area contributed by atoms with Gasteiger partial charge in [-0.05, 0) is 55.9 Å². The predicted octanol–water partition coefficient (Wildman–Crippen LogP) is 2.91. The molecule has 7 heteroatoms. The lowest BCUT2D eigenvalue weighted by Crippen LogP contribution is -2.50. The van der Waals surface area contributed by atoms with Crippen LogP contribution in [0, 0.1) is 5.92 Å². The molecule has 1 aliphatic carbocycles. The number of amides is 4. The molecule has 1 spiro atoms. The molecule has 1 saturated carbocycles. The van der Waals surface area contributed by atoms with Gasteiger partial charge in [0.15, 0.2) is 0 Å². The van der Waals surface area contributed by atoms with Crippen molar-refractivity contribution < 1.29 is 14.4 Å². The van der Waals surface area contributed by atoms with Gasteiger partial charge in [-0.1, -0.05) is 13.0 Å². The third-order valence-electron chi connectivity index (χ3n) is 6.11. The molecular weight excluding hydrogens is 350 g/mol. The van der Waals surface area contributed by atoms with Gasteiger partial charge in [-0.15, -0.1) is 11.3 Å². The molecule has 1 aromatic heterocycles. The number of urea groups is 1. The van der Waals surface area contributed by atoms with Crippen molar-refractivity contribution >= 4 is 29.2 Å². The highest BCUT2D eigenvalue weighted by atomic mass is 32.1. The summed E-state index contributed by atoms with van der Waals surface area (Å²) in [6, 6.07) is 3.71. The quantitative estimate of drug-likeness (QED) is 0.826. The van der Waals surface area contributed by atoms with Crippen LogP contribution in [0.5, 0.6) is 0 Å². The number of carbonyl (C=O) groups excluding carboxylic acids is 3. The SMILES string of the molecule is CC1CCC2(CC1)NC(=O)N(CC(=O)N1CCC[C@H]1c1cccs1)C2=O. The van der Waals surface area contributed by atoms with Gasteiger partial charge >= 0.3 is 6.03 Å². The Labute approximate surface area is 157 Å². The number of rotatable bonds is 3. The lowest BCUT2D eigenvalue weighted by Gasteiger charge is -2.33. The molecule has 3 fully saturated rings. The molecule has 2 saturated heterocycles. The minimum atomic E-state index is -0.776. The number of thiophene rings is 1. The summed E-state index contributed by atoms with van der Waals surface area (Å²) >= 11 is 1.65. The number of nitrogens with one attached hydrogen (secondary N) is 1. The van der Waals surface area contributed by atoms with Crippen molar-refractivity contribution in [1.82, 2.24) is 15.1 Å². The molecule has 4 rings (SSSR count). The first-order valence-corrected chi connectivity index (χ1v) is 10.4. The highest BCUT2D eigenvalue weighted by molar-refractivity contribution is 7.10. The van der Waals surface area contributed by atoms with Gasteiger partial charge in [0.2, 0.25) is 5.91 Å². The van der Waals surface area contributed by atoms with Gasteiger partial charge in [-0.25, -0.2) is 4.79 Å². The van der Waals surface area contributed by atoms with Crippen LogP contribution in [0.4, 0.5) is 4.79 Å². The van der Waals surface area contributed by atoms with E-state index >= 15 is 0 Å². The van der Waals surface area contributed by atoms with Gasteiger partial charge < -0.3 is 10.2 Å². The van der Waals surface area contributed by atoms with E-state index in [0.717, 1.165) is 30.6 Å². The van der Waals surface area contributed by atoms with Crippen LogP contribution in [0.15, 0.2) is 17.5 Å². The van der Waals surface area contributed by atoms with Crippen molar-refractivity contribution in [2.75, 3.05) is 13.1 Å². The monoisotopic (exact) mass is 375 g/mol. The number of hydrogen-bond acceptors (Lipinski definition) is 4. The molecule has 2 aliphatic heterocycles. The summed E-state index contributed by atoms with van der Waals surface area (Å²) in [7, 11) is 0. The van der Waals surface area contributed by atoms with E-state index in [2.05, 4.69) is 12.2 Å². The molecule has 3 heterocycles. The first-order chi connectivity index (χ1) is 12.5. The van der Waals surface area contributed by atoms with Crippen molar-refractivity contribution in [3.8, 4) is 0 Å². The van der Waals surface area contributed by atoms with Gasteiger partial charge in [0.25, 0.3) is 5.91 Å². The summed E-state index contributed by atoms with van der Waals surface area (Å²) in [4.78, 5) is 42.4. The van der Waals surface area contributed by atoms with Gasteiger partial charge in [-0.3, -0.25) is 14.5 Å². The third kappa shape index (κ3) is 2.92.